The molecule has 0 saturated heterocycles. The van der Waals surface area contributed by atoms with Crippen LogP contribution in [0.1, 0.15) is 0 Å². The number of sulfonamides is 1. The van der Waals surface area contributed by atoms with Crippen LogP contribution < -0.4 is 0 Å². The molecule has 0 amide bonds. The second kappa shape index (κ2) is 6.56. The Morgan fingerprint density at radius 2 is 2.00 bits per heavy atom. The van der Waals surface area contributed by atoms with Crippen molar-refractivity contribution in [2.75, 3.05) is 19.7 Å². The number of hydrogen-bond acceptors (Lipinski definition) is 3. The quantitative estimate of drug-likeness (QED) is 0.869. The predicted molar refractivity (Wildman–Crippen MR) is 63.3 cm³/mol. The van der Waals surface area contributed by atoms with Crippen molar-refractivity contribution >= 4 is 21.6 Å². The van der Waals surface area contributed by atoms with Crippen molar-refractivity contribution in [1.29, 1.82) is 0 Å². The molecule has 1 aromatic rings. The second-order valence-electron chi connectivity index (χ2n) is 3.55. The van der Waals surface area contributed by atoms with Crippen LogP contribution in [0.15, 0.2) is 23.1 Å². The minimum atomic E-state index is -4.31. The summed E-state index contributed by atoms with van der Waals surface area (Å²) in [6, 6.07) is 2.52. The van der Waals surface area contributed by atoms with Crippen LogP contribution >= 0.6 is 11.6 Å². The fourth-order valence-corrected chi connectivity index (χ4v) is 3.31. The van der Waals surface area contributed by atoms with Crippen LogP contribution in [-0.2, 0) is 10.0 Å². The van der Waals surface area contributed by atoms with Crippen LogP contribution in [0.4, 0.5) is 13.2 Å². The van der Waals surface area contributed by atoms with Gasteiger partial charge in [0.25, 0.3) is 6.43 Å². The number of rotatable bonds is 6. The van der Waals surface area contributed by atoms with Gasteiger partial charge >= 0.3 is 0 Å². The summed E-state index contributed by atoms with van der Waals surface area (Å²) >= 11 is 5.60. The first-order valence-corrected chi connectivity index (χ1v) is 6.95. The largest absolute Gasteiger partial charge is 0.395 e. The van der Waals surface area contributed by atoms with Gasteiger partial charge in [0, 0.05) is 6.54 Å². The van der Waals surface area contributed by atoms with Crippen molar-refractivity contribution in [3.05, 3.63) is 29.0 Å². The Morgan fingerprint density at radius 1 is 1.37 bits per heavy atom. The smallest absolute Gasteiger partial charge is 0.252 e. The number of benzene rings is 1. The van der Waals surface area contributed by atoms with Crippen LogP contribution in [0.3, 0.4) is 0 Å². The maximum atomic E-state index is 12.8. The third-order valence-corrected chi connectivity index (χ3v) is 4.55. The third kappa shape index (κ3) is 4.07. The maximum absolute atomic E-state index is 12.8. The van der Waals surface area contributed by atoms with E-state index in [1.54, 1.807) is 0 Å². The number of aliphatic hydroxyl groups is 1. The summed E-state index contributed by atoms with van der Waals surface area (Å²) in [6.45, 7) is -2.19. The monoisotopic (exact) mass is 317 g/mol. The third-order valence-electron chi connectivity index (χ3n) is 2.20. The average Bonchev–Trinajstić information content (AvgIpc) is 2.27. The molecule has 1 rings (SSSR count). The van der Waals surface area contributed by atoms with Gasteiger partial charge in [-0.05, 0) is 18.2 Å². The van der Waals surface area contributed by atoms with Gasteiger partial charge in [0.15, 0.2) is 0 Å². The van der Waals surface area contributed by atoms with Crippen molar-refractivity contribution < 1.29 is 26.7 Å². The van der Waals surface area contributed by atoms with Gasteiger partial charge in [-0.25, -0.2) is 21.6 Å². The summed E-state index contributed by atoms with van der Waals surface area (Å²) in [5.74, 6) is -0.744. The van der Waals surface area contributed by atoms with E-state index in [2.05, 4.69) is 0 Å². The van der Waals surface area contributed by atoms with Crippen LogP contribution in [0.25, 0.3) is 0 Å². The Morgan fingerprint density at radius 3 is 2.47 bits per heavy atom. The molecule has 4 nitrogen and oxygen atoms in total. The SMILES string of the molecule is O=S(=O)(c1ccc(F)cc1Cl)N(CCO)CC(F)F. The average molecular weight is 318 g/mol. The second-order valence-corrected chi connectivity index (χ2v) is 5.87. The molecule has 0 aliphatic rings. The summed E-state index contributed by atoms with van der Waals surface area (Å²) in [7, 11) is -4.31. The first-order chi connectivity index (χ1) is 8.78. The topological polar surface area (TPSA) is 57.6 Å². The molecular formula is C10H11ClF3NO3S. The highest BCUT2D eigenvalue weighted by Gasteiger charge is 2.28. The van der Waals surface area contributed by atoms with E-state index in [0.29, 0.717) is 4.31 Å². The lowest BCUT2D eigenvalue weighted by molar-refractivity contribution is 0.113. The molecule has 1 N–H and O–H groups in total. The minimum absolute atomic E-state index is 0.400. The minimum Gasteiger partial charge on any atom is -0.395 e. The first kappa shape index (κ1) is 16.2. The van der Waals surface area contributed by atoms with Gasteiger partial charge < -0.3 is 5.11 Å². The van der Waals surface area contributed by atoms with E-state index in [4.69, 9.17) is 16.7 Å². The number of aliphatic hydroxyl groups excluding tert-OH is 1. The van der Waals surface area contributed by atoms with Gasteiger partial charge in [-0.3, -0.25) is 0 Å². The number of nitrogens with zero attached hydrogens (tertiary/aromatic N) is 1. The van der Waals surface area contributed by atoms with Gasteiger partial charge in [0.2, 0.25) is 10.0 Å². The molecular weight excluding hydrogens is 307 g/mol. The molecule has 0 fully saturated rings. The number of halogens is 4. The van der Waals surface area contributed by atoms with Gasteiger partial charge in [-0.1, -0.05) is 11.6 Å². The van der Waals surface area contributed by atoms with E-state index in [-0.39, 0.29) is 0 Å². The lowest BCUT2D eigenvalue weighted by Crippen LogP contribution is -2.37. The van der Waals surface area contributed by atoms with Crippen molar-refractivity contribution in [3.8, 4) is 0 Å². The van der Waals surface area contributed by atoms with Gasteiger partial charge in [0.1, 0.15) is 10.7 Å². The molecule has 0 heterocycles. The zero-order valence-corrected chi connectivity index (χ0v) is 11.1. The van der Waals surface area contributed by atoms with Crippen LogP contribution in [-0.4, -0.2) is 44.0 Å². The Labute approximate surface area is 113 Å². The van der Waals surface area contributed by atoms with E-state index in [0.717, 1.165) is 18.2 Å². The molecule has 0 radical (unpaired) electrons. The van der Waals surface area contributed by atoms with E-state index in [1.165, 1.54) is 0 Å². The molecule has 0 aliphatic carbocycles. The first-order valence-electron chi connectivity index (χ1n) is 5.13. The standard InChI is InChI=1S/C10H11ClF3NO3S/c11-8-5-7(12)1-2-9(8)19(17,18)15(3-4-16)6-10(13)14/h1-2,5,10,16H,3-4,6H2. The Bertz CT molecular complexity index is 539. The van der Waals surface area contributed by atoms with Crippen LogP contribution in [0, 0.1) is 5.82 Å². The predicted octanol–water partition coefficient (Wildman–Crippen LogP) is 1.73. The molecule has 0 saturated carbocycles. The molecule has 108 valence electrons. The Kier molecular flexibility index (Phi) is 5.60. The van der Waals surface area contributed by atoms with Gasteiger partial charge in [0.05, 0.1) is 18.2 Å². The Balaban J connectivity index is 3.18. The van der Waals surface area contributed by atoms with Crippen molar-refractivity contribution in [3.63, 3.8) is 0 Å². The summed E-state index contributed by atoms with van der Waals surface area (Å²) < 4.78 is 62.0. The van der Waals surface area contributed by atoms with Crippen molar-refractivity contribution in [2.24, 2.45) is 0 Å². The molecule has 9 heteroatoms. The van der Waals surface area contributed by atoms with E-state index < -0.39 is 51.9 Å². The molecule has 0 aromatic heterocycles. The summed E-state index contributed by atoms with van der Waals surface area (Å²) in [6.07, 6.45) is -2.90. The number of hydrogen-bond donors (Lipinski definition) is 1. The van der Waals surface area contributed by atoms with E-state index in [9.17, 15) is 21.6 Å². The van der Waals surface area contributed by atoms with E-state index in [1.807, 2.05) is 0 Å². The zero-order valence-electron chi connectivity index (χ0n) is 9.56. The molecule has 19 heavy (non-hydrogen) atoms. The highest BCUT2D eigenvalue weighted by molar-refractivity contribution is 7.89. The normalized spacial score (nSPS) is 12.4. The molecule has 0 aliphatic heterocycles. The molecule has 0 atom stereocenters. The van der Waals surface area contributed by atoms with Crippen LogP contribution in [0.5, 0.6) is 0 Å². The summed E-state index contributed by atoms with van der Waals surface area (Å²) in [4.78, 5) is -0.482. The lowest BCUT2D eigenvalue weighted by atomic mass is 10.3. The van der Waals surface area contributed by atoms with Gasteiger partial charge in [-0.15, -0.1) is 0 Å². The zero-order chi connectivity index (χ0) is 14.6. The molecule has 0 unspecified atom stereocenters. The van der Waals surface area contributed by atoms with Gasteiger partial charge in [-0.2, -0.15) is 4.31 Å². The summed E-state index contributed by atoms with van der Waals surface area (Å²) in [5.41, 5.74) is 0. The molecule has 0 spiro atoms. The molecule has 0 bridgehead atoms. The van der Waals surface area contributed by atoms with E-state index >= 15 is 0 Å². The number of alkyl halides is 2. The fourth-order valence-electron chi connectivity index (χ4n) is 1.40. The summed E-state index contributed by atoms with van der Waals surface area (Å²) in [5, 5.41) is 8.32. The molecule has 1 aromatic carbocycles. The highest BCUT2D eigenvalue weighted by atomic mass is 35.5. The Hall–Kier alpha value is -0.830. The fraction of sp³-hybridized carbons (Fsp3) is 0.400. The maximum Gasteiger partial charge on any atom is 0.252 e. The lowest BCUT2D eigenvalue weighted by Gasteiger charge is -2.21. The highest BCUT2D eigenvalue weighted by Crippen LogP contribution is 2.25. The van der Waals surface area contributed by atoms with Crippen LogP contribution in [0.2, 0.25) is 5.02 Å². The van der Waals surface area contributed by atoms with Crippen molar-refractivity contribution in [2.45, 2.75) is 11.3 Å². The van der Waals surface area contributed by atoms with Crippen molar-refractivity contribution in [1.82, 2.24) is 4.31 Å².